The Morgan fingerprint density at radius 3 is 2.54 bits per heavy atom. The Kier molecular flexibility index (Phi) is 5.27. The Hall–Kier alpha value is -2.18. The summed E-state index contributed by atoms with van der Waals surface area (Å²) in [6.45, 7) is 0. The van der Waals surface area contributed by atoms with Crippen LogP contribution in [-0.2, 0) is 11.2 Å². The summed E-state index contributed by atoms with van der Waals surface area (Å²) in [5, 5.41) is 5.27. The fraction of sp³-hybridized carbons (Fsp3) is 0.111. The average molecular weight is 358 g/mol. The van der Waals surface area contributed by atoms with Crippen LogP contribution in [0.2, 0.25) is 0 Å². The SMILES string of the molecule is CSc1ccc(-c2csc(NC(=O)Cc3ccc(F)cc3)n2)cc1. The predicted octanol–water partition coefficient (Wildman–Crippen LogP) is 4.85. The molecule has 2 aromatic carbocycles. The van der Waals surface area contributed by atoms with E-state index < -0.39 is 0 Å². The second-order valence-electron chi connectivity index (χ2n) is 5.12. The maximum absolute atomic E-state index is 12.9. The highest BCUT2D eigenvalue weighted by Crippen LogP contribution is 2.26. The summed E-state index contributed by atoms with van der Waals surface area (Å²) in [6, 6.07) is 14.0. The van der Waals surface area contributed by atoms with Crippen LogP contribution in [0.1, 0.15) is 5.56 Å². The van der Waals surface area contributed by atoms with Crippen molar-refractivity contribution in [2.45, 2.75) is 11.3 Å². The van der Waals surface area contributed by atoms with Crippen molar-refractivity contribution in [2.24, 2.45) is 0 Å². The minimum atomic E-state index is -0.309. The van der Waals surface area contributed by atoms with Gasteiger partial charge in [0.25, 0.3) is 0 Å². The molecule has 1 aromatic heterocycles. The lowest BCUT2D eigenvalue weighted by atomic mass is 10.1. The summed E-state index contributed by atoms with van der Waals surface area (Å²) in [7, 11) is 0. The number of carbonyl (C=O) groups excluding carboxylic acids is 1. The first-order valence-electron chi connectivity index (χ1n) is 7.28. The number of benzene rings is 2. The van der Waals surface area contributed by atoms with Crippen molar-refractivity contribution in [3.05, 3.63) is 65.3 Å². The quantitative estimate of drug-likeness (QED) is 0.663. The molecule has 3 rings (SSSR count). The Labute approximate surface area is 148 Å². The van der Waals surface area contributed by atoms with Crippen molar-refractivity contribution in [2.75, 3.05) is 11.6 Å². The van der Waals surface area contributed by atoms with Crippen LogP contribution in [0.3, 0.4) is 0 Å². The van der Waals surface area contributed by atoms with Gasteiger partial charge < -0.3 is 5.32 Å². The number of halogens is 1. The number of aromatic nitrogens is 1. The molecule has 0 unspecified atom stereocenters. The van der Waals surface area contributed by atoms with Crippen LogP contribution >= 0.6 is 23.1 Å². The fourth-order valence-corrected chi connectivity index (χ4v) is 3.32. The third-order valence-electron chi connectivity index (χ3n) is 3.41. The number of hydrogen-bond acceptors (Lipinski definition) is 4. The maximum atomic E-state index is 12.9. The van der Waals surface area contributed by atoms with Gasteiger partial charge in [0.2, 0.25) is 5.91 Å². The molecule has 0 aliphatic heterocycles. The van der Waals surface area contributed by atoms with Crippen molar-refractivity contribution in [1.82, 2.24) is 4.98 Å². The van der Waals surface area contributed by atoms with Crippen LogP contribution in [0.25, 0.3) is 11.3 Å². The number of rotatable bonds is 5. The molecule has 0 saturated heterocycles. The minimum Gasteiger partial charge on any atom is -0.302 e. The summed E-state index contributed by atoms with van der Waals surface area (Å²) in [4.78, 5) is 17.7. The number of thioether (sulfide) groups is 1. The average Bonchev–Trinajstić information content (AvgIpc) is 3.05. The van der Waals surface area contributed by atoms with E-state index in [2.05, 4.69) is 10.3 Å². The normalized spacial score (nSPS) is 10.6. The van der Waals surface area contributed by atoms with E-state index in [4.69, 9.17) is 0 Å². The van der Waals surface area contributed by atoms with Crippen molar-refractivity contribution in [3.8, 4) is 11.3 Å². The molecular formula is C18H15FN2OS2. The van der Waals surface area contributed by atoms with E-state index in [-0.39, 0.29) is 18.1 Å². The molecule has 0 saturated carbocycles. The lowest BCUT2D eigenvalue weighted by molar-refractivity contribution is -0.115. The van der Waals surface area contributed by atoms with Crippen LogP contribution in [0.4, 0.5) is 9.52 Å². The molecule has 0 aliphatic carbocycles. The summed E-state index contributed by atoms with van der Waals surface area (Å²) >= 11 is 3.08. The van der Waals surface area contributed by atoms with Gasteiger partial charge in [-0.1, -0.05) is 24.3 Å². The molecule has 0 fully saturated rings. The van der Waals surface area contributed by atoms with E-state index in [1.54, 1.807) is 23.9 Å². The zero-order valence-corrected chi connectivity index (χ0v) is 14.6. The summed E-state index contributed by atoms with van der Waals surface area (Å²) in [5.74, 6) is -0.476. The number of anilines is 1. The molecule has 3 aromatic rings. The minimum absolute atomic E-state index is 0.166. The van der Waals surface area contributed by atoms with Crippen molar-refractivity contribution in [1.29, 1.82) is 0 Å². The number of nitrogens with zero attached hydrogens (tertiary/aromatic N) is 1. The summed E-state index contributed by atoms with van der Waals surface area (Å²) in [6.07, 6.45) is 2.23. The smallest absolute Gasteiger partial charge is 0.230 e. The van der Waals surface area contributed by atoms with E-state index in [1.807, 2.05) is 35.9 Å². The zero-order valence-electron chi connectivity index (χ0n) is 13.0. The molecule has 1 amide bonds. The highest BCUT2D eigenvalue weighted by Gasteiger charge is 2.09. The van der Waals surface area contributed by atoms with E-state index in [1.165, 1.54) is 28.4 Å². The van der Waals surface area contributed by atoms with E-state index in [0.717, 1.165) is 16.8 Å². The molecule has 6 heteroatoms. The standard InChI is InChI=1S/C18H15FN2OS2/c1-23-15-8-4-13(5-9-15)16-11-24-18(20-16)21-17(22)10-12-2-6-14(19)7-3-12/h2-9,11H,10H2,1H3,(H,20,21,22). The van der Waals surface area contributed by atoms with Gasteiger partial charge in [-0.25, -0.2) is 9.37 Å². The number of carbonyl (C=O) groups is 1. The molecule has 24 heavy (non-hydrogen) atoms. The lowest BCUT2D eigenvalue weighted by Crippen LogP contribution is -2.14. The van der Waals surface area contributed by atoms with Crippen LogP contribution in [-0.4, -0.2) is 17.1 Å². The fourth-order valence-electron chi connectivity index (χ4n) is 2.18. The monoisotopic (exact) mass is 358 g/mol. The number of hydrogen-bond donors (Lipinski definition) is 1. The highest BCUT2D eigenvalue weighted by atomic mass is 32.2. The first-order valence-corrected chi connectivity index (χ1v) is 9.39. The van der Waals surface area contributed by atoms with Crippen molar-refractivity contribution in [3.63, 3.8) is 0 Å². The maximum Gasteiger partial charge on any atom is 0.230 e. The van der Waals surface area contributed by atoms with Gasteiger partial charge in [-0.2, -0.15) is 0 Å². The van der Waals surface area contributed by atoms with E-state index in [0.29, 0.717) is 5.13 Å². The van der Waals surface area contributed by atoms with Gasteiger partial charge in [0.15, 0.2) is 5.13 Å². The molecule has 1 heterocycles. The molecule has 0 radical (unpaired) electrons. The second kappa shape index (κ2) is 7.59. The molecular weight excluding hydrogens is 343 g/mol. The third-order valence-corrected chi connectivity index (χ3v) is 4.92. The molecule has 3 nitrogen and oxygen atoms in total. The van der Waals surface area contributed by atoms with Gasteiger partial charge in [0.05, 0.1) is 12.1 Å². The summed E-state index contributed by atoms with van der Waals surface area (Å²) < 4.78 is 12.9. The topological polar surface area (TPSA) is 42.0 Å². The van der Waals surface area contributed by atoms with Gasteiger partial charge in [0, 0.05) is 15.8 Å². The van der Waals surface area contributed by atoms with Gasteiger partial charge in [-0.05, 0) is 36.1 Å². The third kappa shape index (κ3) is 4.21. The first kappa shape index (κ1) is 16.7. The van der Waals surface area contributed by atoms with Gasteiger partial charge in [-0.15, -0.1) is 23.1 Å². The van der Waals surface area contributed by atoms with Crippen LogP contribution in [0.15, 0.2) is 58.8 Å². The second-order valence-corrected chi connectivity index (χ2v) is 6.86. The molecule has 1 N–H and O–H groups in total. The summed E-state index contributed by atoms with van der Waals surface area (Å²) in [5.41, 5.74) is 2.62. The number of nitrogens with one attached hydrogen (secondary N) is 1. The largest absolute Gasteiger partial charge is 0.302 e. The van der Waals surface area contributed by atoms with Crippen LogP contribution in [0, 0.1) is 5.82 Å². The van der Waals surface area contributed by atoms with Gasteiger partial charge in [-0.3, -0.25) is 4.79 Å². The molecule has 0 atom stereocenters. The highest BCUT2D eigenvalue weighted by molar-refractivity contribution is 7.98. The van der Waals surface area contributed by atoms with E-state index in [9.17, 15) is 9.18 Å². The Bertz CT molecular complexity index is 829. The number of amides is 1. The Balaban J connectivity index is 1.64. The Morgan fingerprint density at radius 1 is 1.17 bits per heavy atom. The number of thiazole rings is 1. The molecule has 122 valence electrons. The van der Waals surface area contributed by atoms with Gasteiger partial charge >= 0.3 is 0 Å². The van der Waals surface area contributed by atoms with Crippen molar-refractivity contribution >= 4 is 34.1 Å². The van der Waals surface area contributed by atoms with E-state index >= 15 is 0 Å². The molecule has 0 bridgehead atoms. The lowest BCUT2D eigenvalue weighted by Gasteiger charge is -2.02. The first-order chi connectivity index (χ1) is 11.6. The Morgan fingerprint density at radius 2 is 1.88 bits per heavy atom. The van der Waals surface area contributed by atoms with Crippen LogP contribution in [0.5, 0.6) is 0 Å². The van der Waals surface area contributed by atoms with Gasteiger partial charge in [0.1, 0.15) is 5.82 Å². The van der Waals surface area contributed by atoms with Crippen molar-refractivity contribution < 1.29 is 9.18 Å². The predicted molar refractivity (Wildman–Crippen MR) is 98.1 cm³/mol. The molecule has 0 spiro atoms. The van der Waals surface area contributed by atoms with Crippen LogP contribution < -0.4 is 5.32 Å². The molecule has 0 aliphatic rings. The zero-order chi connectivity index (χ0) is 16.9.